The third-order valence-electron chi connectivity index (χ3n) is 10.7. The molecule has 2 aliphatic carbocycles. The van der Waals surface area contributed by atoms with Gasteiger partial charge in [-0.25, -0.2) is 0 Å². The number of nitrogens with zero attached hydrogens (tertiary/aromatic N) is 2. The first-order valence-electron chi connectivity index (χ1n) is 18.5. The lowest BCUT2D eigenvalue weighted by Gasteiger charge is -2.59. The van der Waals surface area contributed by atoms with Crippen LogP contribution in [0.2, 0.25) is 0 Å². The number of carbonyl (C=O) groups excluding carboxylic acids is 1. The van der Waals surface area contributed by atoms with Crippen molar-refractivity contribution < 1.29 is 43.5 Å². The average Bonchev–Trinajstić information content (AvgIpc) is 3.64. The number of rotatable bonds is 18. The summed E-state index contributed by atoms with van der Waals surface area (Å²) in [6.45, 7) is 11.0. The monoisotopic (exact) mass is 716 g/mol. The van der Waals surface area contributed by atoms with Gasteiger partial charge < -0.3 is 43.6 Å². The number of carbonyl (C=O) groups is 1. The summed E-state index contributed by atoms with van der Waals surface area (Å²) < 4.78 is 31.3. The summed E-state index contributed by atoms with van der Waals surface area (Å²) in [5, 5.41) is 24.3. The van der Waals surface area contributed by atoms with Crippen LogP contribution in [0.4, 0.5) is 0 Å². The summed E-state index contributed by atoms with van der Waals surface area (Å²) in [7, 11) is 1.78. The molecule has 52 heavy (non-hydrogen) atoms. The van der Waals surface area contributed by atoms with Crippen LogP contribution in [-0.4, -0.2) is 85.4 Å². The van der Waals surface area contributed by atoms with Crippen LogP contribution < -0.4 is 18.9 Å². The fourth-order valence-electron chi connectivity index (χ4n) is 8.49. The molecule has 2 heterocycles. The zero-order valence-electron chi connectivity index (χ0n) is 30.3. The quantitative estimate of drug-likeness (QED) is 0.102. The van der Waals surface area contributed by atoms with Gasteiger partial charge in [0.25, 0.3) is 5.91 Å². The minimum absolute atomic E-state index is 0.105. The van der Waals surface area contributed by atoms with Gasteiger partial charge in [-0.15, -0.1) is 6.58 Å². The lowest BCUT2D eigenvalue weighted by Crippen LogP contribution is -2.69. The maximum Gasteiger partial charge on any atom is 0.254 e. The van der Waals surface area contributed by atoms with Gasteiger partial charge in [0.15, 0.2) is 11.5 Å². The first kappa shape index (κ1) is 37.4. The minimum atomic E-state index is -1.33. The number of benzene rings is 2. The van der Waals surface area contributed by atoms with Crippen LogP contribution in [-0.2, 0) is 9.57 Å². The van der Waals surface area contributed by atoms with Crippen LogP contribution in [0.25, 0.3) is 0 Å². The molecule has 0 saturated heterocycles. The lowest BCUT2D eigenvalue weighted by atomic mass is 9.55. The Morgan fingerprint density at radius 2 is 1.75 bits per heavy atom. The molecule has 0 bridgehead atoms. The number of fused-ring (bicyclic) bond motifs is 3. The zero-order valence-corrected chi connectivity index (χ0v) is 30.3. The number of hydrogen-bond donors (Lipinski definition) is 2. The molecule has 280 valence electrons. The van der Waals surface area contributed by atoms with Gasteiger partial charge in [-0.2, -0.15) is 0 Å². The van der Waals surface area contributed by atoms with Crippen LogP contribution in [0.15, 0.2) is 78.5 Å². The molecule has 0 aromatic heterocycles. The highest BCUT2D eigenvalue weighted by molar-refractivity contribution is 6.03. The largest absolute Gasteiger partial charge is 0.490 e. The van der Waals surface area contributed by atoms with Crippen molar-refractivity contribution in [2.24, 2.45) is 22.9 Å². The SMILES string of the molecule is C=CCOc1ccc2c(c1)[C@H]1[C@H](CCCCO)[C@@H](CCCCO)C=C3C(=NOCC)C[C@H](N(C)C(=O)c4ccc5c(c4)OCO5)[C@@](OCC=C)(O2)[C@H]31. The van der Waals surface area contributed by atoms with E-state index in [1.807, 2.05) is 19.1 Å². The standard InChI is InChI=1S/C41H52N2O9/c1-5-20-47-29-15-17-34-32(24-29)38-30(13-9-11-19-45)27(12-8-10-18-44)22-31-33(42-51-7-3)25-37(41(52-34,39(31)38)50-21-6-2)43(4)40(46)28-14-16-35-36(23-28)49-26-48-35/h5-6,14-17,22-24,27,30,37-39,44-45H,1-2,7-13,18-21,25-26H2,3-4H3/t27-,30+,37-,38+,39+,41+/m0/s1. The number of unbranched alkanes of at least 4 members (excludes halogenated alkanes) is 2. The number of hydrogen-bond acceptors (Lipinski definition) is 10. The maximum absolute atomic E-state index is 14.5. The average molecular weight is 717 g/mol. The number of allylic oxidation sites excluding steroid dienone is 1. The maximum atomic E-state index is 14.5. The van der Waals surface area contributed by atoms with E-state index in [0.29, 0.717) is 61.0 Å². The second-order valence-corrected chi connectivity index (χ2v) is 13.8. The zero-order chi connectivity index (χ0) is 36.7. The summed E-state index contributed by atoms with van der Waals surface area (Å²) in [5.74, 6) is 0.638. The normalized spacial score (nSPS) is 26.0. The highest BCUT2D eigenvalue weighted by Gasteiger charge is 2.65. The van der Waals surface area contributed by atoms with Gasteiger partial charge >= 0.3 is 0 Å². The van der Waals surface area contributed by atoms with E-state index >= 15 is 0 Å². The molecule has 0 radical (unpaired) electrons. The predicted octanol–water partition coefficient (Wildman–Crippen LogP) is 6.41. The first-order valence-corrected chi connectivity index (χ1v) is 18.5. The molecule has 0 unspecified atom stereocenters. The number of aliphatic hydroxyl groups is 2. The van der Waals surface area contributed by atoms with Gasteiger partial charge in [-0.05, 0) is 86.4 Å². The second-order valence-electron chi connectivity index (χ2n) is 13.8. The van der Waals surface area contributed by atoms with Crippen molar-refractivity contribution in [3.8, 4) is 23.0 Å². The fraction of sp³-hybridized carbons (Fsp3) is 0.512. The molecule has 2 aromatic rings. The van der Waals surface area contributed by atoms with Crippen molar-refractivity contribution >= 4 is 11.6 Å². The first-order chi connectivity index (χ1) is 25.4. The van der Waals surface area contributed by atoms with Crippen molar-refractivity contribution in [2.75, 3.05) is 46.9 Å². The highest BCUT2D eigenvalue weighted by Crippen LogP contribution is 2.62. The van der Waals surface area contributed by atoms with Crippen LogP contribution in [0.1, 0.15) is 73.7 Å². The molecule has 11 heteroatoms. The Morgan fingerprint density at radius 1 is 1.00 bits per heavy atom. The van der Waals surface area contributed by atoms with E-state index in [1.54, 1.807) is 42.3 Å². The Bertz CT molecular complexity index is 1660. The molecule has 11 nitrogen and oxygen atoms in total. The smallest absolute Gasteiger partial charge is 0.254 e. The number of ether oxygens (including phenoxy) is 5. The van der Waals surface area contributed by atoms with Crippen LogP contribution in [0.3, 0.4) is 0 Å². The van der Waals surface area contributed by atoms with E-state index in [1.165, 1.54) is 0 Å². The predicted molar refractivity (Wildman–Crippen MR) is 197 cm³/mol. The van der Waals surface area contributed by atoms with E-state index in [9.17, 15) is 15.0 Å². The van der Waals surface area contributed by atoms with Gasteiger partial charge in [-0.3, -0.25) is 4.79 Å². The molecule has 6 atom stereocenters. The van der Waals surface area contributed by atoms with Crippen molar-refractivity contribution in [2.45, 2.75) is 69.6 Å². The summed E-state index contributed by atoms with van der Waals surface area (Å²) in [6, 6.07) is 10.5. The molecule has 6 rings (SSSR count). The Kier molecular flexibility index (Phi) is 12.2. The number of oxime groups is 1. The van der Waals surface area contributed by atoms with E-state index < -0.39 is 17.7 Å². The van der Waals surface area contributed by atoms with Crippen molar-refractivity contribution in [1.82, 2.24) is 4.90 Å². The van der Waals surface area contributed by atoms with Crippen LogP contribution >= 0.6 is 0 Å². The molecule has 4 aliphatic rings. The summed E-state index contributed by atoms with van der Waals surface area (Å²) >= 11 is 0. The fourth-order valence-corrected chi connectivity index (χ4v) is 8.49. The minimum Gasteiger partial charge on any atom is -0.490 e. The molecule has 2 aromatic carbocycles. The van der Waals surface area contributed by atoms with Crippen molar-refractivity contribution in [1.29, 1.82) is 0 Å². The molecule has 2 aliphatic heterocycles. The third kappa shape index (κ3) is 7.31. The van der Waals surface area contributed by atoms with Gasteiger partial charge in [0, 0.05) is 43.7 Å². The molecule has 0 spiro atoms. The van der Waals surface area contributed by atoms with E-state index in [2.05, 4.69) is 25.3 Å². The Morgan fingerprint density at radius 3 is 2.50 bits per heavy atom. The molecule has 2 N–H and O–H groups in total. The summed E-state index contributed by atoms with van der Waals surface area (Å²) in [4.78, 5) is 22.0. The van der Waals surface area contributed by atoms with Crippen LogP contribution in [0.5, 0.6) is 23.0 Å². The molecule has 1 amide bonds. The Hall–Kier alpha value is -4.32. The summed E-state index contributed by atoms with van der Waals surface area (Å²) in [6.07, 6.45) is 10.9. The van der Waals surface area contributed by atoms with E-state index in [-0.39, 0.29) is 50.3 Å². The third-order valence-corrected chi connectivity index (χ3v) is 10.7. The molecule has 1 fully saturated rings. The highest BCUT2D eigenvalue weighted by atomic mass is 16.7. The Labute approximate surface area is 306 Å². The molecular formula is C41H52N2O9. The van der Waals surface area contributed by atoms with Crippen molar-refractivity contribution in [3.63, 3.8) is 0 Å². The molecular weight excluding hydrogens is 664 g/mol. The number of aliphatic hydroxyl groups excluding tert-OH is 2. The second kappa shape index (κ2) is 17.0. The van der Waals surface area contributed by atoms with Gasteiger partial charge in [-0.1, -0.05) is 42.8 Å². The lowest BCUT2D eigenvalue weighted by molar-refractivity contribution is -0.252. The van der Waals surface area contributed by atoms with Gasteiger partial charge in [0.05, 0.1) is 18.2 Å². The summed E-state index contributed by atoms with van der Waals surface area (Å²) in [5.41, 5.74) is 3.18. The number of amides is 1. The van der Waals surface area contributed by atoms with Gasteiger partial charge in [0.1, 0.15) is 30.8 Å². The number of likely N-dealkylation sites (N-methyl/N-ethyl adjacent to an activating group) is 1. The van der Waals surface area contributed by atoms with Gasteiger partial charge in [0.2, 0.25) is 12.6 Å². The van der Waals surface area contributed by atoms with Crippen LogP contribution in [0, 0.1) is 17.8 Å². The Balaban J connectivity index is 1.55. The van der Waals surface area contributed by atoms with E-state index in [4.69, 9.17) is 33.7 Å². The molecule has 1 saturated carbocycles. The van der Waals surface area contributed by atoms with E-state index in [0.717, 1.165) is 42.5 Å². The van der Waals surface area contributed by atoms with Crippen molar-refractivity contribution in [3.05, 3.63) is 84.5 Å². The topological polar surface area (TPSA) is 129 Å².